The highest BCUT2D eigenvalue weighted by atomic mass is 35.5. The van der Waals surface area contributed by atoms with Crippen LogP contribution in [0.15, 0.2) is 70.7 Å². The third-order valence-electron chi connectivity index (χ3n) is 4.50. The van der Waals surface area contributed by atoms with Crippen molar-refractivity contribution in [1.29, 1.82) is 0 Å². The predicted molar refractivity (Wildman–Crippen MR) is 113 cm³/mol. The van der Waals surface area contributed by atoms with Crippen molar-refractivity contribution in [2.45, 2.75) is 11.7 Å². The molecule has 0 saturated carbocycles. The molecule has 0 saturated heterocycles. The van der Waals surface area contributed by atoms with Gasteiger partial charge in [0.2, 0.25) is 5.91 Å². The minimum absolute atomic E-state index is 0.108. The fraction of sp³-hybridized carbons (Fsp3) is 0.100. The van der Waals surface area contributed by atoms with E-state index in [1.54, 1.807) is 16.8 Å². The van der Waals surface area contributed by atoms with E-state index in [9.17, 15) is 4.79 Å². The van der Waals surface area contributed by atoms with E-state index in [-0.39, 0.29) is 11.7 Å². The minimum atomic E-state index is -0.108. The quantitative estimate of drug-likeness (QED) is 0.406. The first-order valence-corrected chi connectivity index (χ1v) is 10.4. The highest BCUT2D eigenvalue weighted by Gasteiger charge is 2.14. The number of amides is 1. The van der Waals surface area contributed by atoms with Crippen molar-refractivity contribution in [2.24, 2.45) is 0 Å². The van der Waals surface area contributed by atoms with Gasteiger partial charge in [-0.3, -0.25) is 9.20 Å². The lowest BCUT2D eigenvalue weighted by Crippen LogP contribution is -2.24. The summed E-state index contributed by atoms with van der Waals surface area (Å²) in [4.78, 5) is 12.1. The lowest BCUT2D eigenvalue weighted by molar-refractivity contribution is -0.118. The first-order chi connectivity index (χ1) is 14.7. The fourth-order valence-corrected chi connectivity index (χ4v) is 3.90. The molecule has 0 bridgehead atoms. The van der Waals surface area contributed by atoms with Crippen LogP contribution in [0.3, 0.4) is 0 Å². The summed E-state index contributed by atoms with van der Waals surface area (Å²) in [6.45, 7) is 0.358. The Bertz CT molecular complexity index is 1330. The van der Waals surface area contributed by atoms with Crippen LogP contribution in [-0.4, -0.2) is 35.9 Å². The molecule has 0 aliphatic carbocycles. The van der Waals surface area contributed by atoms with Crippen LogP contribution in [0.2, 0.25) is 5.02 Å². The van der Waals surface area contributed by atoms with E-state index < -0.39 is 0 Å². The third kappa shape index (κ3) is 3.64. The third-order valence-corrected chi connectivity index (χ3v) is 5.69. The van der Waals surface area contributed by atoms with E-state index in [0.717, 1.165) is 16.8 Å². The Hall–Kier alpha value is -3.30. The molecule has 1 aromatic carbocycles. The van der Waals surface area contributed by atoms with Crippen LogP contribution in [0.4, 0.5) is 0 Å². The average Bonchev–Trinajstić information content (AvgIpc) is 3.50. The number of fused-ring (bicyclic) bond motifs is 3. The van der Waals surface area contributed by atoms with E-state index in [0.29, 0.717) is 28.1 Å². The van der Waals surface area contributed by atoms with E-state index in [1.807, 2.05) is 53.2 Å². The number of hydrogen-bond donors (Lipinski definition) is 1. The summed E-state index contributed by atoms with van der Waals surface area (Å²) in [5, 5.41) is 17.3. The number of benzene rings is 1. The molecular weight excluding hydrogens is 424 g/mol. The monoisotopic (exact) mass is 438 g/mol. The van der Waals surface area contributed by atoms with Gasteiger partial charge < -0.3 is 9.73 Å². The van der Waals surface area contributed by atoms with Gasteiger partial charge in [-0.2, -0.15) is 5.10 Å². The van der Waals surface area contributed by atoms with Crippen molar-refractivity contribution in [2.75, 3.05) is 5.75 Å². The summed E-state index contributed by atoms with van der Waals surface area (Å²) in [6, 6.07) is 13.1. The van der Waals surface area contributed by atoms with Crippen LogP contribution in [0.1, 0.15) is 5.76 Å². The van der Waals surface area contributed by atoms with E-state index in [4.69, 9.17) is 16.0 Å². The summed E-state index contributed by atoms with van der Waals surface area (Å²) in [7, 11) is 0. The average molecular weight is 439 g/mol. The number of nitrogens with zero attached hydrogens (tertiary/aromatic N) is 5. The lowest BCUT2D eigenvalue weighted by Gasteiger charge is -2.03. The first kappa shape index (κ1) is 18.7. The molecule has 5 rings (SSSR count). The molecule has 1 amide bonds. The molecule has 150 valence electrons. The summed E-state index contributed by atoms with van der Waals surface area (Å²) < 4.78 is 8.83. The van der Waals surface area contributed by atoms with Crippen LogP contribution >= 0.6 is 23.4 Å². The molecule has 1 N–H and O–H groups in total. The Morgan fingerprint density at radius 2 is 2.03 bits per heavy atom. The number of hydrogen-bond acceptors (Lipinski definition) is 6. The van der Waals surface area contributed by atoms with Crippen molar-refractivity contribution >= 4 is 40.4 Å². The van der Waals surface area contributed by atoms with Gasteiger partial charge in [0.1, 0.15) is 11.3 Å². The lowest BCUT2D eigenvalue weighted by atomic mass is 10.1. The molecule has 0 aliphatic rings. The Kier molecular flexibility index (Phi) is 4.89. The second-order valence-corrected chi connectivity index (χ2v) is 7.86. The van der Waals surface area contributed by atoms with Gasteiger partial charge in [0, 0.05) is 23.0 Å². The fourth-order valence-electron chi connectivity index (χ4n) is 3.03. The molecule has 4 aromatic heterocycles. The molecule has 0 spiro atoms. The smallest absolute Gasteiger partial charge is 0.230 e. The Balaban J connectivity index is 1.35. The number of carbonyl (C=O) groups is 1. The van der Waals surface area contributed by atoms with Gasteiger partial charge in [-0.25, -0.2) is 4.52 Å². The zero-order chi connectivity index (χ0) is 20.5. The van der Waals surface area contributed by atoms with Gasteiger partial charge in [-0.1, -0.05) is 35.5 Å². The summed E-state index contributed by atoms with van der Waals surface area (Å²) in [5.41, 5.74) is 3.27. The second kappa shape index (κ2) is 7.85. The van der Waals surface area contributed by atoms with Crippen LogP contribution in [0, 0.1) is 0 Å². The molecule has 30 heavy (non-hydrogen) atoms. The molecule has 8 nitrogen and oxygen atoms in total. The van der Waals surface area contributed by atoms with Crippen molar-refractivity contribution in [1.82, 2.24) is 29.5 Å². The molecule has 0 atom stereocenters. The normalized spacial score (nSPS) is 11.4. The highest BCUT2D eigenvalue weighted by molar-refractivity contribution is 7.99. The van der Waals surface area contributed by atoms with Gasteiger partial charge in [0.25, 0.3) is 0 Å². The molecule has 0 unspecified atom stereocenters. The molecule has 5 aromatic rings. The number of furan rings is 1. The Morgan fingerprint density at radius 3 is 2.83 bits per heavy atom. The number of carbonyl (C=O) groups excluding carboxylic acids is 1. The first-order valence-electron chi connectivity index (χ1n) is 9.08. The van der Waals surface area contributed by atoms with Gasteiger partial charge >= 0.3 is 0 Å². The Labute approximate surface area is 179 Å². The van der Waals surface area contributed by atoms with Crippen molar-refractivity contribution in [3.8, 4) is 11.3 Å². The van der Waals surface area contributed by atoms with Crippen LogP contribution < -0.4 is 5.32 Å². The molecule has 0 fully saturated rings. The molecule has 0 radical (unpaired) electrons. The molecular formula is C20H15ClN6O2S. The topological polar surface area (TPSA) is 89.7 Å². The molecule has 10 heteroatoms. The van der Waals surface area contributed by atoms with Crippen LogP contribution in [-0.2, 0) is 11.3 Å². The SMILES string of the molecule is O=C(CSc1nnc2c3cc(-c4ccc(Cl)cc4)nn3ccn12)NCc1ccco1. The van der Waals surface area contributed by atoms with E-state index >= 15 is 0 Å². The summed E-state index contributed by atoms with van der Waals surface area (Å²) in [6.07, 6.45) is 5.25. The van der Waals surface area contributed by atoms with Gasteiger partial charge in [-0.15, -0.1) is 10.2 Å². The standard InChI is InChI=1S/C20H15ClN6O2S/c21-14-5-3-13(4-6-14)16-10-17-19-23-24-20(26(19)7-8-27(17)25-16)30-12-18(28)22-11-15-2-1-9-29-15/h1-10H,11-12H2,(H,22,28). The molecule has 0 aliphatic heterocycles. The number of halogens is 1. The zero-order valence-electron chi connectivity index (χ0n) is 15.5. The summed E-state index contributed by atoms with van der Waals surface area (Å²) in [5.74, 6) is 0.826. The van der Waals surface area contributed by atoms with Gasteiger partial charge in [0.05, 0.1) is 24.3 Å². The number of aromatic nitrogens is 5. The van der Waals surface area contributed by atoms with Gasteiger partial charge in [0.15, 0.2) is 10.8 Å². The van der Waals surface area contributed by atoms with E-state index in [2.05, 4.69) is 20.6 Å². The zero-order valence-corrected chi connectivity index (χ0v) is 17.1. The maximum atomic E-state index is 12.1. The second-order valence-electron chi connectivity index (χ2n) is 6.49. The number of nitrogens with one attached hydrogen (secondary N) is 1. The summed E-state index contributed by atoms with van der Waals surface area (Å²) >= 11 is 7.29. The van der Waals surface area contributed by atoms with Crippen molar-refractivity contribution in [3.05, 3.63) is 71.9 Å². The number of thioether (sulfide) groups is 1. The predicted octanol–water partition coefficient (Wildman–Crippen LogP) is 3.70. The minimum Gasteiger partial charge on any atom is -0.467 e. The van der Waals surface area contributed by atoms with E-state index in [1.165, 1.54) is 11.8 Å². The van der Waals surface area contributed by atoms with Crippen LogP contribution in [0.5, 0.6) is 0 Å². The largest absolute Gasteiger partial charge is 0.467 e. The van der Waals surface area contributed by atoms with Crippen molar-refractivity contribution in [3.63, 3.8) is 0 Å². The maximum Gasteiger partial charge on any atom is 0.230 e. The number of rotatable bonds is 6. The Morgan fingerprint density at radius 1 is 1.17 bits per heavy atom. The van der Waals surface area contributed by atoms with Gasteiger partial charge in [-0.05, 0) is 30.3 Å². The highest BCUT2D eigenvalue weighted by Crippen LogP contribution is 2.25. The maximum absolute atomic E-state index is 12.1. The molecule has 4 heterocycles. The van der Waals surface area contributed by atoms with Crippen LogP contribution in [0.25, 0.3) is 22.4 Å². The van der Waals surface area contributed by atoms with Crippen molar-refractivity contribution < 1.29 is 9.21 Å².